The molecule has 1 heterocycles. The van der Waals surface area contributed by atoms with Crippen molar-refractivity contribution in [3.8, 4) is 6.07 Å². The fourth-order valence-electron chi connectivity index (χ4n) is 2.65. The Bertz CT molecular complexity index is 571. The van der Waals surface area contributed by atoms with Crippen LogP contribution in [0.5, 0.6) is 0 Å². The molecule has 112 valence electrons. The summed E-state index contributed by atoms with van der Waals surface area (Å²) in [7, 11) is 1.83. The zero-order chi connectivity index (χ0) is 15.5. The molecule has 0 radical (unpaired) electrons. The summed E-state index contributed by atoms with van der Waals surface area (Å²) >= 11 is 0. The summed E-state index contributed by atoms with van der Waals surface area (Å²) in [5.74, 6) is -0.0553. The quantitative estimate of drug-likeness (QED) is 0.854. The van der Waals surface area contributed by atoms with Gasteiger partial charge >= 0.3 is 0 Å². The number of ketones is 1. The Balaban J connectivity index is 2.27. The Morgan fingerprint density at radius 2 is 2.14 bits per heavy atom. The molecule has 1 N–H and O–H groups in total. The van der Waals surface area contributed by atoms with Gasteiger partial charge in [0.1, 0.15) is 0 Å². The average molecular weight is 288 g/mol. The van der Waals surface area contributed by atoms with E-state index in [1.165, 1.54) is 6.92 Å². The average Bonchev–Trinajstić information content (AvgIpc) is 2.46. The predicted molar refractivity (Wildman–Crippen MR) is 79.4 cm³/mol. The van der Waals surface area contributed by atoms with Gasteiger partial charge in [-0.15, -0.1) is 0 Å². The first kappa shape index (κ1) is 15.5. The minimum Gasteiger partial charge on any atom is -0.388 e. The van der Waals surface area contributed by atoms with Crippen molar-refractivity contribution in [3.05, 3.63) is 29.3 Å². The summed E-state index contributed by atoms with van der Waals surface area (Å²) < 4.78 is 5.27. The van der Waals surface area contributed by atoms with Crippen molar-refractivity contribution in [3.63, 3.8) is 0 Å². The summed E-state index contributed by atoms with van der Waals surface area (Å²) in [5, 5.41) is 19.6. The van der Waals surface area contributed by atoms with Gasteiger partial charge in [-0.05, 0) is 25.1 Å². The SMILES string of the molecule is CC(=O)c1ccc(C#N)cc1N(C)CC1(O)CCOCC1. The third-order valence-corrected chi connectivity index (χ3v) is 3.87. The maximum absolute atomic E-state index is 11.8. The number of hydrogen-bond acceptors (Lipinski definition) is 5. The number of Topliss-reactive ketones (excluding diaryl/α,β-unsaturated/α-hetero) is 1. The molecule has 5 heteroatoms. The van der Waals surface area contributed by atoms with E-state index in [9.17, 15) is 9.90 Å². The van der Waals surface area contributed by atoms with Crippen molar-refractivity contribution in [1.29, 1.82) is 5.26 Å². The number of nitriles is 1. The number of rotatable bonds is 4. The first-order chi connectivity index (χ1) is 9.95. The van der Waals surface area contributed by atoms with Crippen LogP contribution >= 0.6 is 0 Å². The van der Waals surface area contributed by atoms with Gasteiger partial charge in [0, 0.05) is 50.9 Å². The molecular formula is C16H20N2O3. The summed E-state index contributed by atoms with van der Waals surface area (Å²) in [5.41, 5.74) is 0.929. The van der Waals surface area contributed by atoms with Crippen molar-refractivity contribution in [2.45, 2.75) is 25.4 Å². The monoisotopic (exact) mass is 288 g/mol. The van der Waals surface area contributed by atoms with Crippen LogP contribution in [0.15, 0.2) is 18.2 Å². The minimum absolute atomic E-state index is 0.0553. The first-order valence-electron chi connectivity index (χ1n) is 7.01. The molecule has 5 nitrogen and oxygen atoms in total. The lowest BCUT2D eigenvalue weighted by molar-refractivity contribution is -0.0572. The Kier molecular flexibility index (Phi) is 4.61. The molecule has 0 aliphatic carbocycles. The topological polar surface area (TPSA) is 73.6 Å². The molecule has 0 aromatic heterocycles. The van der Waals surface area contributed by atoms with Crippen LogP contribution in [0.2, 0.25) is 0 Å². The third kappa shape index (κ3) is 3.60. The number of carbonyl (C=O) groups excluding carboxylic acids is 1. The van der Waals surface area contributed by atoms with Gasteiger partial charge in [-0.1, -0.05) is 0 Å². The zero-order valence-corrected chi connectivity index (χ0v) is 12.4. The second-order valence-electron chi connectivity index (χ2n) is 5.59. The fraction of sp³-hybridized carbons (Fsp3) is 0.500. The summed E-state index contributed by atoms with van der Waals surface area (Å²) in [4.78, 5) is 13.6. The number of likely N-dealkylation sites (N-methyl/N-ethyl adjacent to an activating group) is 1. The van der Waals surface area contributed by atoms with E-state index in [0.29, 0.717) is 49.4 Å². The van der Waals surface area contributed by atoms with Gasteiger partial charge < -0.3 is 14.7 Å². The lowest BCUT2D eigenvalue weighted by Crippen LogP contribution is -2.46. The number of nitrogens with zero attached hydrogens (tertiary/aromatic N) is 2. The van der Waals surface area contributed by atoms with E-state index in [-0.39, 0.29) is 5.78 Å². The normalized spacial score (nSPS) is 17.0. The summed E-state index contributed by atoms with van der Waals surface area (Å²) in [6, 6.07) is 7.08. The highest BCUT2D eigenvalue weighted by Crippen LogP contribution is 2.27. The molecule has 21 heavy (non-hydrogen) atoms. The van der Waals surface area contributed by atoms with Crippen LogP contribution in [0.1, 0.15) is 35.7 Å². The molecule has 2 rings (SSSR count). The number of aliphatic hydroxyl groups is 1. The van der Waals surface area contributed by atoms with Crippen LogP contribution in [-0.2, 0) is 4.74 Å². The molecule has 1 aliphatic rings. The molecule has 1 aromatic rings. The zero-order valence-electron chi connectivity index (χ0n) is 12.4. The molecule has 1 aliphatic heterocycles. The van der Waals surface area contributed by atoms with E-state index in [1.54, 1.807) is 18.2 Å². The van der Waals surface area contributed by atoms with E-state index >= 15 is 0 Å². The van der Waals surface area contributed by atoms with Gasteiger partial charge in [0.05, 0.1) is 17.2 Å². The van der Waals surface area contributed by atoms with Gasteiger partial charge in [0.15, 0.2) is 5.78 Å². The Morgan fingerprint density at radius 1 is 1.48 bits per heavy atom. The molecule has 1 aromatic carbocycles. The maximum atomic E-state index is 11.8. The minimum atomic E-state index is -0.816. The lowest BCUT2D eigenvalue weighted by Gasteiger charge is -2.36. The van der Waals surface area contributed by atoms with E-state index < -0.39 is 5.60 Å². The van der Waals surface area contributed by atoms with Crippen LogP contribution in [0.25, 0.3) is 0 Å². The van der Waals surface area contributed by atoms with Crippen molar-refractivity contribution >= 4 is 11.5 Å². The second-order valence-corrected chi connectivity index (χ2v) is 5.59. The smallest absolute Gasteiger partial charge is 0.161 e. The van der Waals surface area contributed by atoms with Crippen LogP contribution in [0, 0.1) is 11.3 Å². The maximum Gasteiger partial charge on any atom is 0.161 e. The fourth-order valence-corrected chi connectivity index (χ4v) is 2.65. The van der Waals surface area contributed by atoms with E-state index in [4.69, 9.17) is 10.00 Å². The highest BCUT2D eigenvalue weighted by atomic mass is 16.5. The van der Waals surface area contributed by atoms with Gasteiger partial charge in [-0.25, -0.2) is 0 Å². The molecule has 0 saturated carbocycles. The highest BCUT2D eigenvalue weighted by molar-refractivity contribution is 6.00. The predicted octanol–water partition coefficient (Wildman–Crippen LogP) is 1.74. The van der Waals surface area contributed by atoms with Gasteiger partial charge in [-0.2, -0.15) is 5.26 Å². The van der Waals surface area contributed by atoms with Crippen molar-refractivity contribution in [2.75, 3.05) is 31.7 Å². The number of hydrogen-bond donors (Lipinski definition) is 1. The highest BCUT2D eigenvalue weighted by Gasteiger charge is 2.31. The first-order valence-corrected chi connectivity index (χ1v) is 7.01. The second kappa shape index (κ2) is 6.25. The van der Waals surface area contributed by atoms with Gasteiger partial charge in [-0.3, -0.25) is 4.79 Å². The molecule has 1 fully saturated rings. The van der Waals surface area contributed by atoms with E-state index in [0.717, 1.165) is 0 Å². The van der Waals surface area contributed by atoms with Crippen LogP contribution in [0.4, 0.5) is 5.69 Å². The molecular weight excluding hydrogens is 268 g/mol. The molecule has 1 saturated heterocycles. The van der Waals surface area contributed by atoms with E-state index in [2.05, 4.69) is 6.07 Å². The summed E-state index contributed by atoms with van der Waals surface area (Å²) in [6.07, 6.45) is 1.15. The Morgan fingerprint density at radius 3 is 2.71 bits per heavy atom. The van der Waals surface area contributed by atoms with Crippen molar-refractivity contribution in [1.82, 2.24) is 0 Å². The summed E-state index contributed by atoms with van der Waals surface area (Å²) in [6.45, 7) is 3.00. The molecule has 0 spiro atoms. The third-order valence-electron chi connectivity index (χ3n) is 3.87. The van der Waals surface area contributed by atoms with Gasteiger partial charge in [0.2, 0.25) is 0 Å². The molecule has 0 bridgehead atoms. The van der Waals surface area contributed by atoms with Crippen molar-refractivity contribution in [2.24, 2.45) is 0 Å². The number of carbonyl (C=O) groups is 1. The number of benzene rings is 1. The lowest BCUT2D eigenvalue weighted by atomic mass is 9.93. The largest absolute Gasteiger partial charge is 0.388 e. The standard InChI is InChI=1S/C16H20N2O3/c1-12(19)14-4-3-13(10-17)9-15(14)18(2)11-16(20)5-7-21-8-6-16/h3-4,9,20H,5-8,11H2,1-2H3. The van der Waals surface area contributed by atoms with Gasteiger partial charge in [0.25, 0.3) is 0 Å². The van der Waals surface area contributed by atoms with Crippen LogP contribution in [0.3, 0.4) is 0 Å². The Labute approximate surface area is 124 Å². The molecule has 0 atom stereocenters. The number of ether oxygens (including phenoxy) is 1. The molecule has 0 amide bonds. The van der Waals surface area contributed by atoms with Crippen LogP contribution < -0.4 is 4.90 Å². The Hall–Kier alpha value is -1.90. The van der Waals surface area contributed by atoms with Crippen molar-refractivity contribution < 1.29 is 14.6 Å². The number of anilines is 1. The van der Waals surface area contributed by atoms with Crippen LogP contribution in [-0.4, -0.2) is 43.3 Å². The molecule has 0 unspecified atom stereocenters. The van der Waals surface area contributed by atoms with E-state index in [1.807, 2.05) is 11.9 Å².